The molecule has 0 spiro atoms. The summed E-state index contributed by atoms with van der Waals surface area (Å²) in [6, 6.07) is 21.3. The summed E-state index contributed by atoms with van der Waals surface area (Å²) < 4.78 is 19.1. The molecule has 2 heterocycles. The van der Waals surface area contributed by atoms with E-state index in [9.17, 15) is 9.59 Å². The van der Waals surface area contributed by atoms with Crippen molar-refractivity contribution < 1.29 is 19.0 Å². The lowest BCUT2D eigenvalue weighted by Gasteiger charge is -2.11. The molecule has 3 aromatic carbocycles. The molecule has 9 nitrogen and oxygen atoms in total. The highest BCUT2D eigenvalue weighted by Gasteiger charge is 2.18. The number of aromatic nitrogens is 3. The van der Waals surface area contributed by atoms with E-state index in [0.717, 1.165) is 11.1 Å². The molecule has 0 aliphatic carbocycles. The van der Waals surface area contributed by atoms with E-state index in [4.69, 9.17) is 19.2 Å². The van der Waals surface area contributed by atoms with Gasteiger partial charge in [-0.05, 0) is 48.5 Å². The molecule has 0 fully saturated rings. The summed E-state index contributed by atoms with van der Waals surface area (Å²) in [6.07, 6.45) is 0. The molecule has 0 aliphatic heterocycles. The molecule has 9 heteroatoms. The fraction of sp³-hybridized carbons (Fsp3) is 0.148. The zero-order valence-corrected chi connectivity index (χ0v) is 20.0. The van der Waals surface area contributed by atoms with Crippen molar-refractivity contribution in [3.05, 3.63) is 83.2 Å². The maximum absolute atomic E-state index is 13.2. The Morgan fingerprint density at radius 3 is 2.28 bits per heavy atom. The Hall–Kier alpha value is -4.79. The van der Waals surface area contributed by atoms with Crippen LogP contribution in [0.3, 0.4) is 0 Å². The molecule has 182 valence electrons. The maximum atomic E-state index is 13.2. The predicted octanol–water partition coefficient (Wildman–Crippen LogP) is 3.98. The van der Waals surface area contributed by atoms with Crippen LogP contribution in [0.5, 0.6) is 17.2 Å². The zero-order chi connectivity index (χ0) is 25.2. The third-order valence-corrected chi connectivity index (χ3v) is 5.91. The molecule has 0 bridgehead atoms. The first-order valence-electron chi connectivity index (χ1n) is 11.2. The fourth-order valence-electron chi connectivity index (χ4n) is 4.19. The minimum atomic E-state index is -0.283. The van der Waals surface area contributed by atoms with Crippen LogP contribution in [0.25, 0.3) is 28.1 Å². The van der Waals surface area contributed by atoms with Gasteiger partial charge in [0.05, 0.1) is 38.1 Å². The summed E-state index contributed by atoms with van der Waals surface area (Å²) in [7, 11) is 4.68. The van der Waals surface area contributed by atoms with Crippen molar-refractivity contribution in [2.45, 2.75) is 6.54 Å². The standard InChI is InChI=1S/C27H24N4O5/c1-34-19-11-8-17(9-12-19)20-15-26(33)31-22-7-5-4-6-21(22)30(27(31)29-20)16-25(32)28-18-10-13-23(35-2)24(14-18)36-3/h4-15H,16H2,1-3H3,(H,28,32). The van der Waals surface area contributed by atoms with E-state index in [-0.39, 0.29) is 18.0 Å². The van der Waals surface area contributed by atoms with E-state index in [2.05, 4.69) is 5.32 Å². The molecule has 0 aliphatic rings. The van der Waals surface area contributed by atoms with Crippen molar-refractivity contribution in [1.29, 1.82) is 0 Å². The van der Waals surface area contributed by atoms with Crippen molar-refractivity contribution in [3.63, 3.8) is 0 Å². The van der Waals surface area contributed by atoms with Crippen LogP contribution in [-0.4, -0.2) is 41.2 Å². The molecule has 1 N–H and O–H groups in total. The topological polar surface area (TPSA) is 96.1 Å². The van der Waals surface area contributed by atoms with Crippen LogP contribution in [-0.2, 0) is 11.3 Å². The van der Waals surface area contributed by atoms with Crippen LogP contribution in [0.15, 0.2) is 77.6 Å². The number of rotatable bonds is 7. The molecule has 0 saturated heterocycles. The number of nitrogens with zero attached hydrogens (tertiary/aromatic N) is 3. The molecule has 1 amide bonds. The Morgan fingerprint density at radius 1 is 0.861 bits per heavy atom. The van der Waals surface area contributed by atoms with E-state index >= 15 is 0 Å². The molecule has 0 atom stereocenters. The number of hydrogen-bond acceptors (Lipinski definition) is 6. The molecule has 0 saturated carbocycles. The Balaban J connectivity index is 1.56. The highest BCUT2D eigenvalue weighted by molar-refractivity contribution is 5.93. The van der Waals surface area contributed by atoms with Crippen LogP contribution < -0.4 is 25.1 Å². The number of carbonyl (C=O) groups is 1. The Kier molecular flexibility index (Phi) is 6.03. The summed E-state index contributed by atoms with van der Waals surface area (Å²) >= 11 is 0. The lowest BCUT2D eigenvalue weighted by molar-refractivity contribution is -0.116. The number of ether oxygens (including phenoxy) is 3. The van der Waals surface area contributed by atoms with Gasteiger partial charge in [-0.15, -0.1) is 0 Å². The summed E-state index contributed by atoms with van der Waals surface area (Å²) in [5, 5.41) is 2.88. The Morgan fingerprint density at radius 2 is 1.58 bits per heavy atom. The maximum Gasteiger partial charge on any atom is 0.260 e. The number of hydrogen-bond donors (Lipinski definition) is 1. The second kappa shape index (κ2) is 9.46. The van der Waals surface area contributed by atoms with Gasteiger partial charge >= 0.3 is 0 Å². The highest BCUT2D eigenvalue weighted by atomic mass is 16.5. The molecule has 0 unspecified atom stereocenters. The second-order valence-electron chi connectivity index (χ2n) is 8.04. The van der Waals surface area contributed by atoms with E-state index in [1.165, 1.54) is 17.6 Å². The van der Waals surface area contributed by atoms with Crippen molar-refractivity contribution in [3.8, 4) is 28.5 Å². The highest BCUT2D eigenvalue weighted by Crippen LogP contribution is 2.30. The number of nitrogens with one attached hydrogen (secondary N) is 1. The normalized spacial score (nSPS) is 11.0. The van der Waals surface area contributed by atoms with E-state index in [0.29, 0.717) is 39.9 Å². The van der Waals surface area contributed by atoms with Crippen LogP contribution in [0, 0.1) is 0 Å². The van der Waals surface area contributed by atoms with Crippen molar-refractivity contribution in [2.24, 2.45) is 0 Å². The summed E-state index contributed by atoms with van der Waals surface area (Å²) in [5.41, 5.74) is 2.99. The first-order chi connectivity index (χ1) is 17.5. The Labute approximate surface area is 206 Å². The van der Waals surface area contributed by atoms with E-state index in [1.807, 2.05) is 48.5 Å². The van der Waals surface area contributed by atoms with Gasteiger partial charge in [0.25, 0.3) is 5.56 Å². The molecule has 36 heavy (non-hydrogen) atoms. The SMILES string of the molecule is COc1ccc(-c2cc(=O)n3c4ccccc4n(CC(=O)Nc4ccc(OC)c(OC)c4)c3n2)cc1. The summed E-state index contributed by atoms with van der Waals surface area (Å²) in [6.45, 7) is -0.0517. The number of imidazole rings is 1. The van der Waals surface area contributed by atoms with Gasteiger partial charge in [-0.25, -0.2) is 9.38 Å². The summed E-state index contributed by atoms with van der Waals surface area (Å²) in [5.74, 6) is 1.86. The molecule has 5 aromatic rings. The first kappa shape index (κ1) is 23.0. The third-order valence-electron chi connectivity index (χ3n) is 5.91. The van der Waals surface area contributed by atoms with Crippen LogP contribution in [0.4, 0.5) is 5.69 Å². The first-order valence-corrected chi connectivity index (χ1v) is 11.2. The number of anilines is 1. The number of benzene rings is 3. The van der Waals surface area contributed by atoms with Gasteiger partial charge in [-0.3, -0.25) is 9.59 Å². The van der Waals surface area contributed by atoms with Crippen LogP contribution >= 0.6 is 0 Å². The molecule has 0 radical (unpaired) electrons. The van der Waals surface area contributed by atoms with Crippen molar-refractivity contribution in [2.75, 3.05) is 26.6 Å². The third kappa shape index (κ3) is 4.11. The number of fused-ring (bicyclic) bond motifs is 3. The minimum absolute atomic E-state index is 0.0517. The minimum Gasteiger partial charge on any atom is -0.497 e. The van der Waals surface area contributed by atoms with Crippen LogP contribution in [0.2, 0.25) is 0 Å². The molecular weight excluding hydrogens is 460 g/mol. The molecule has 5 rings (SSSR count). The van der Waals surface area contributed by atoms with Gasteiger partial charge in [0.15, 0.2) is 11.5 Å². The van der Waals surface area contributed by atoms with Crippen LogP contribution in [0.1, 0.15) is 0 Å². The van der Waals surface area contributed by atoms with Gasteiger partial charge in [0, 0.05) is 23.4 Å². The van der Waals surface area contributed by atoms with Gasteiger partial charge < -0.3 is 24.1 Å². The largest absolute Gasteiger partial charge is 0.497 e. The number of carbonyl (C=O) groups excluding carboxylic acids is 1. The number of para-hydroxylation sites is 2. The molecular formula is C27H24N4O5. The number of amides is 1. The smallest absolute Gasteiger partial charge is 0.260 e. The van der Waals surface area contributed by atoms with E-state index in [1.54, 1.807) is 37.0 Å². The van der Waals surface area contributed by atoms with Crippen molar-refractivity contribution >= 4 is 28.4 Å². The van der Waals surface area contributed by atoms with E-state index < -0.39 is 0 Å². The lowest BCUT2D eigenvalue weighted by Crippen LogP contribution is -2.20. The fourth-order valence-corrected chi connectivity index (χ4v) is 4.19. The average Bonchev–Trinajstić information content (AvgIpc) is 3.22. The monoisotopic (exact) mass is 484 g/mol. The average molecular weight is 485 g/mol. The van der Waals surface area contributed by atoms with Gasteiger partial charge in [-0.1, -0.05) is 12.1 Å². The predicted molar refractivity (Wildman–Crippen MR) is 137 cm³/mol. The van der Waals surface area contributed by atoms with Gasteiger partial charge in [0.1, 0.15) is 12.3 Å². The lowest BCUT2D eigenvalue weighted by atomic mass is 10.1. The quantitative estimate of drug-likeness (QED) is 0.375. The zero-order valence-electron chi connectivity index (χ0n) is 20.0. The van der Waals surface area contributed by atoms with Gasteiger partial charge in [-0.2, -0.15) is 0 Å². The van der Waals surface area contributed by atoms with Crippen molar-refractivity contribution in [1.82, 2.24) is 14.0 Å². The summed E-state index contributed by atoms with van der Waals surface area (Å²) in [4.78, 5) is 31.1. The second-order valence-corrected chi connectivity index (χ2v) is 8.04. The number of methoxy groups -OCH3 is 3. The molecule has 2 aromatic heterocycles. The van der Waals surface area contributed by atoms with Gasteiger partial charge in [0.2, 0.25) is 11.7 Å². The Bertz CT molecular complexity index is 1640.